The van der Waals surface area contributed by atoms with E-state index in [2.05, 4.69) is 35.9 Å². The summed E-state index contributed by atoms with van der Waals surface area (Å²) in [6.45, 7) is 1.85. The van der Waals surface area contributed by atoms with Crippen LogP contribution in [0.2, 0.25) is 0 Å². The first-order chi connectivity index (χ1) is 7.18. The van der Waals surface area contributed by atoms with E-state index in [-0.39, 0.29) is 0 Å². The lowest BCUT2D eigenvalue weighted by molar-refractivity contribution is 1.07. The highest BCUT2D eigenvalue weighted by atomic mass is 79.9. The molecule has 0 aliphatic carbocycles. The van der Waals surface area contributed by atoms with Crippen LogP contribution in [-0.4, -0.2) is 19.9 Å². The fourth-order valence-corrected chi connectivity index (χ4v) is 1.29. The van der Waals surface area contributed by atoms with Crippen LogP contribution in [0.25, 0.3) is 11.5 Å². The molecule has 2 rings (SSSR count). The fourth-order valence-electron chi connectivity index (χ4n) is 1.11. The van der Waals surface area contributed by atoms with Gasteiger partial charge in [0, 0.05) is 12.4 Å². The number of hydrogen-bond donors (Lipinski definition) is 1. The molecule has 0 aliphatic heterocycles. The van der Waals surface area contributed by atoms with Crippen molar-refractivity contribution in [1.29, 1.82) is 0 Å². The third-order valence-corrected chi connectivity index (χ3v) is 2.81. The lowest BCUT2D eigenvalue weighted by Gasteiger charge is -2.04. The average Bonchev–Trinajstić information content (AvgIpc) is 2.26. The van der Waals surface area contributed by atoms with Gasteiger partial charge in [0.05, 0.1) is 16.4 Å². The van der Waals surface area contributed by atoms with Crippen LogP contribution in [0, 0.1) is 6.92 Å². The Morgan fingerprint density at radius 2 is 2.07 bits per heavy atom. The average molecular weight is 266 g/mol. The van der Waals surface area contributed by atoms with Crippen LogP contribution in [-0.2, 0) is 0 Å². The van der Waals surface area contributed by atoms with E-state index >= 15 is 0 Å². The summed E-state index contributed by atoms with van der Waals surface area (Å²) in [5, 5.41) is 0. The van der Waals surface area contributed by atoms with Crippen molar-refractivity contribution in [2.45, 2.75) is 6.92 Å². The summed E-state index contributed by atoms with van der Waals surface area (Å²) < 4.78 is 0.718. The summed E-state index contributed by atoms with van der Waals surface area (Å²) in [5.41, 5.74) is 7.10. The normalized spacial score (nSPS) is 10.3. The molecule has 0 aliphatic rings. The fraction of sp³-hybridized carbons (Fsp3) is 0.111. The molecule has 0 bridgehead atoms. The van der Waals surface area contributed by atoms with Gasteiger partial charge in [-0.3, -0.25) is 4.98 Å². The Balaban J connectivity index is 2.56. The van der Waals surface area contributed by atoms with E-state index < -0.39 is 0 Å². The van der Waals surface area contributed by atoms with Crippen molar-refractivity contribution in [2.75, 3.05) is 5.73 Å². The Labute approximate surface area is 94.9 Å². The van der Waals surface area contributed by atoms with E-state index in [0.29, 0.717) is 17.3 Å². The molecule has 2 N–H and O–H groups in total. The first kappa shape index (κ1) is 9.97. The Bertz CT molecular complexity index is 462. The van der Waals surface area contributed by atoms with Gasteiger partial charge in [-0.25, -0.2) is 15.0 Å². The topological polar surface area (TPSA) is 77.6 Å². The molecule has 2 aromatic heterocycles. The number of nitrogens with two attached hydrogens (primary N) is 1. The van der Waals surface area contributed by atoms with Gasteiger partial charge in [-0.2, -0.15) is 0 Å². The van der Waals surface area contributed by atoms with E-state index in [1.54, 1.807) is 18.6 Å². The molecular weight excluding hydrogens is 258 g/mol. The Kier molecular flexibility index (Phi) is 2.59. The zero-order valence-electron chi connectivity index (χ0n) is 7.98. The summed E-state index contributed by atoms with van der Waals surface area (Å²) in [6, 6.07) is 0. The maximum Gasteiger partial charge on any atom is 0.182 e. The summed E-state index contributed by atoms with van der Waals surface area (Å²) in [5.74, 6) is 0.893. The number of hydrogen-bond acceptors (Lipinski definition) is 5. The molecule has 2 heterocycles. The van der Waals surface area contributed by atoms with Crippen molar-refractivity contribution in [1.82, 2.24) is 19.9 Å². The minimum atomic E-state index is 0.406. The zero-order valence-corrected chi connectivity index (χ0v) is 9.56. The zero-order chi connectivity index (χ0) is 10.8. The molecule has 2 aromatic rings. The van der Waals surface area contributed by atoms with Crippen LogP contribution in [0.3, 0.4) is 0 Å². The third kappa shape index (κ3) is 1.94. The van der Waals surface area contributed by atoms with Gasteiger partial charge in [0.25, 0.3) is 0 Å². The maximum atomic E-state index is 5.71. The molecular formula is C9H8BrN5. The summed E-state index contributed by atoms with van der Waals surface area (Å²) in [7, 11) is 0. The van der Waals surface area contributed by atoms with Crippen LogP contribution >= 0.6 is 15.9 Å². The van der Waals surface area contributed by atoms with Gasteiger partial charge in [-0.1, -0.05) is 0 Å². The number of nitrogens with zero attached hydrogens (tertiary/aromatic N) is 4. The molecule has 0 amide bonds. The maximum absolute atomic E-state index is 5.71. The van der Waals surface area contributed by atoms with Crippen LogP contribution in [0.1, 0.15) is 5.69 Å². The minimum absolute atomic E-state index is 0.406. The van der Waals surface area contributed by atoms with Crippen molar-refractivity contribution in [3.63, 3.8) is 0 Å². The lowest BCUT2D eigenvalue weighted by Crippen LogP contribution is -2.01. The van der Waals surface area contributed by atoms with E-state index in [1.165, 1.54) is 0 Å². The molecule has 0 spiro atoms. The van der Waals surface area contributed by atoms with Gasteiger partial charge in [0.15, 0.2) is 5.82 Å². The first-order valence-electron chi connectivity index (χ1n) is 4.24. The highest BCUT2D eigenvalue weighted by Crippen LogP contribution is 2.22. The van der Waals surface area contributed by atoms with Gasteiger partial charge >= 0.3 is 0 Å². The minimum Gasteiger partial charge on any atom is -0.383 e. The van der Waals surface area contributed by atoms with Crippen molar-refractivity contribution in [3.05, 3.63) is 28.8 Å². The highest BCUT2D eigenvalue weighted by Gasteiger charge is 2.08. The second kappa shape index (κ2) is 3.90. The number of halogens is 1. The van der Waals surface area contributed by atoms with E-state index in [0.717, 1.165) is 10.2 Å². The van der Waals surface area contributed by atoms with Crippen molar-refractivity contribution < 1.29 is 0 Å². The van der Waals surface area contributed by atoms with Crippen LogP contribution < -0.4 is 5.73 Å². The molecule has 0 atom stereocenters. The SMILES string of the molecule is Cc1nc(-c2cnccn2)nc(N)c1Br. The van der Waals surface area contributed by atoms with E-state index in [1.807, 2.05) is 6.92 Å². The highest BCUT2D eigenvalue weighted by molar-refractivity contribution is 9.10. The number of nitrogen functional groups attached to an aromatic ring is 1. The van der Waals surface area contributed by atoms with E-state index in [4.69, 9.17) is 5.73 Å². The molecule has 15 heavy (non-hydrogen) atoms. The molecule has 5 nitrogen and oxygen atoms in total. The second-order valence-electron chi connectivity index (χ2n) is 2.92. The molecule has 0 aromatic carbocycles. The quantitative estimate of drug-likeness (QED) is 0.847. The number of anilines is 1. The molecule has 6 heteroatoms. The van der Waals surface area contributed by atoms with Crippen molar-refractivity contribution in [2.24, 2.45) is 0 Å². The molecule has 0 unspecified atom stereocenters. The lowest BCUT2D eigenvalue weighted by atomic mass is 10.3. The first-order valence-corrected chi connectivity index (χ1v) is 5.04. The Morgan fingerprint density at radius 3 is 2.67 bits per heavy atom. The summed E-state index contributed by atoms with van der Waals surface area (Å²) in [4.78, 5) is 16.4. The van der Waals surface area contributed by atoms with E-state index in [9.17, 15) is 0 Å². The smallest absolute Gasteiger partial charge is 0.182 e. The van der Waals surface area contributed by atoms with Gasteiger partial charge in [0.1, 0.15) is 11.5 Å². The number of aryl methyl sites for hydroxylation is 1. The van der Waals surface area contributed by atoms with Crippen molar-refractivity contribution >= 4 is 21.7 Å². The Morgan fingerprint density at radius 1 is 1.27 bits per heavy atom. The molecule has 0 radical (unpaired) electrons. The standard InChI is InChI=1S/C9H8BrN5/c1-5-7(10)8(11)15-9(14-5)6-4-12-2-3-13-6/h2-4H,1H3,(H2,11,14,15). The van der Waals surface area contributed by atoms with Gasteiger partial charge in [-0.15, -0.1) is 0 Å². The Hall–Kier alpha value is -1.56. The summed E-state index contributed by atoms with van der Waals surface area (Å²) >= 11 is 3.30. The number of rotatable bonds is 1. The largest absolute Gasteiger partial charge is 0.383 e. The summed E-state index contributed by atoms with van der Waals surface area (Å²) in [6.07, 6.45) is 4.78. The second-order valence-corrected chi connectivity index (χ2v) is 3.72. The van der Waals surface area contributed by atoms with Crippen LogP contribution in [0.5, 0.6) is 0 Å². The molecule has 76 valence electrons. The van der Waals surface area contributed by atoms with Gasteiger partial charge in [0.2, 0.25) is 0 Å². The van der Waals surface area contributed by atoms with Crippen LogP contribution in [0.4, 0.5) is 5.82 Å². The third-order valence-electron chi connectivity index (χ3n) is 1.83. The van der Waals surface area contributed by atoms with Crippen LogP contribution in [0.15, 0.2) is 23.1 Å². The predicted octanol–water partition coefficient (Wildman–Crippen LogP) is 1.59. The molecule has 0 saturated carbocycles. The van der Waals surface area contributed by atoms with Gasteiger partial charge in [-0.05, 0) is 22.9 Å². The monoisotopic (exact) mass is 265 g/mol. The predicted molar refractivity (Wildman–Crippen MR) is 59.9 cm³/mol. The molecule has 0 fully saturated rings. The number of aromatic nitrogens is 4. The van der Waals surface area contributed by atoms with Crippen molar-refractivity contribution in [3.8, 4) is 11.5 Å². The molecule has 0 saturated heterocycles. The van der Waals surface area contributed by atoms with Gasteiger partial charge < -0.3 is 5.73 Å².